The van der Waals surface area contributed by atoms with Crippen LogP contribution in [-0.4, -0.2) is 21.6 Å². The van der Waals surface area contributed by atoms with Gasteiger partial charge in [0.2, 0.25) is 0 Å². The normalized spacial score (nSPS) is 19.6. The van der Waals surface area contributed by atoms with E-state index in [4.69, 9.17) is 14.5 Å². The Morgan fingerprint density at radius 2 is 2.10 bits per heavy atom. The van der Waals surface area contributed by atoms with Crippen molar-refractivity contribution in [2.45, 2.75) is 52.0 Å². The van der Waals surface area contributed by atoms with Crippen molar-refractivity contribution in [2.75, 3.05) is 0 Å². The molecule has 2 aliphatic rings. The summed E-state index contributed by atoms with van der Waals surface area (Å²) in [7, 11) is 0. The fraction of sp³-hybridized carbons (Fsp3) is 0.348. The summed E-state index contributed by atoms with van der Waals surface area (Å²) < 4.78 is 14.2. The Balaban J connectivity index is 1.78. The predicted molar refractivity (Wildman–Crippen MR) is 116 cm³/mol. The number of rotatable bonds is 3. The minimum atomic E-state index is -1.28. The standard InChI is InChI=1S/C23H21BrN2O4/c1-4-23(30-12(2)3)16-9-19-20-13(8-14-17(24)6-5-7-18(14)25-20)10-26(19)21(27)15(16)11-29-22(23)28/h5-9,12H,4,10-11H2,1-3H3/t23-/m0/s1. The van der Waals surface area contributed by atoms with Crippen molar-refractivity contribution in [1.29, 1.82) is 0 Å². The number of cyclic esters (lactones) is 1. The highest BCUT2D eigenvalue weighted by molar-refractivity contribution is 9.10. The van der Waals surface area contributed by atoms with Gasteiger partial charge in [0.25, 0.3) is 5.56 Å². The molecular weight excluding hydrogens is 448 g/mol. The Labute approximate surface area is 182 Å². The molecule has 0 spiro atoms. The molecule has 0 aliphatic carbocycles. The van der Waals surface area contributed by atoms with Gasteiger partial charge in [-0.2, -0.15) is 0 Å². The summed E-state index contributed by atoms with van der Waals surface area (Å²) in [6, 6.07) is 9.85. The van der Waals surface area contributed by atoms with Crippen LogP contribution in [0.1, 0.15) is 43.9 Å². The molecule has 0 saturated carbocycles. The van der Waals surface area contributed by atoms with Crippen LogP contribution in [0, 0.1) is 0 Å². The number of ether oxygens (including phenoxy) is 2. The SMILES string of the molecule is CC[C@@]1(OC(C)C)C(=O)OCc2c1cc1n(c2=O)Cc2cc3c(Br)cccc3nc2-1. The highest BCUT2D eigenvalue weighted by atomic mass is 79.9. The van der Waals surface area contributed by atoms with Gasteiger partial charge < -0.3 is 14.0 Å². The van der Waals surface area contributed by atoms with Crippen LogP contribution < -0.4 is 5.56 Å². The molecular formula is C23H21BrN2O4. The molecule has 0 saturated heterocycles. The molecule has 3 aromatic rings. The first-order valence-corrected chi connectivity index (χ1v) is 10.9. The third-order valence-corrected chi connectivity index (χ3v) is 6.59. The summed E-state index contributed by atoms with van der Waals surface area (Å²) in [5.74, 6) is -0.441. The quantitative estimate of drug-likeness (QED) is 0.419. The van der Waals surface area contributed by atoms with E-state index >= 15 is 0 Å². The Morgan fingerprint density at radius 1 is 1.30 bits per heavy atom. The highest BCUT2D eigenvalue weighted by Gasteiger charge is 2.48. The average molecular weight is 469 g/mol. The fourth-order valence-electron chi connectivity index (χ4n) is 4.55. The van der Waals surface area contributed by atoms with Gasteiger partial charge in [-0.3, -0.25) is 4.79 Å². The third kappa shape index (κ3) is 2.61. The van der Waals surface area contributed by atoms with Gasteiger partial charge in [-0.25, -0.2) is 9.78 Å². The number of esters is 1. The maximum absolute atomic E-state index is 13.4. The number of nitrogens with zero attached hydrogens (tertiary/aromatic N) is 2. The van der Waals surface area contributed by atoms with Crippen LogP contribution in [0.3, 0.4) is 0 Å². The maximum Gasteiger partial charge on any atom is 0.343 e. The molecule has 2 aliphatic heterocycles. The molecule has 1 aromatic carbocycles. The number of aromatic nitrogens is 2. The predicted octanol–water partition coefficient (Wildman–Crippen LogP) is 4.27. The zero-order valence-electron chi connectivity index (χ0n) is 17.0. The molecule has 0 bridgehead atoms. The van der Waals surface area contributed by atoms with Crippen molar-refractivity contribution < 1.29 is 14.3 Å². The fourth-order valence-corrected chi connectivity index (χ4v) is 5.02. The molecule has 30 heavy (non-hydrogen) atoms. The second kappa shape index (κ2) is 6.75. The van der Waals surface area contributed by atoms with Gasteiger partial charge in [0.05, 0.1) is 35.1 Å². The summed E-state index contributed by atoms with van der Waals surface area (Å²) in [6.45, 7) is 6.04. The molecule has 0 fully saturated rings. The van der Waals surface area contributed by atoms with Gasteiger partial charge in [0.1, 0.15) is 6.61 Å². The minimum Gasteiger partial charge on any atom is -0.458 e. The number of carbonyl (C=O) groups excluding carboxylic acids is 1. The zero-order valence-corrected chi connectivity index (χ0v) is 18.6. The van der Waals surface area contributed by atoms with E-state index in [-0.39, 0.29) is 18.3 Å². The summed E-state index contributed by atoms with van der Waals surface area (Å²) in [5.41, 5.74) is 2.98. The van der Waals surface area contributed by atoms with Crippen LogP contribution in [0.15, 0.2) is 39.6 Å². The van der Waals surface area contributed by atoms with Gasteiger partial charge >= 0.3 is 5.97 Å². The van der Waals surface area contributed by atoms with Gasteiger partial charge in [-0.1, -0.05) is 28.9 Å². The highest BCUT2D eigenvalue weighted by Crippen LogP contribution is 2.41. The van der Waals surface area contributed by atoms with E-state index in [0.717, 1.165) is 32.3 Å². The molecule has 1 atom stereocenters. The molecule has 6 nitrogen and oxygen atoms in total. The van der Waals surface area contributed by atoms with E-state index < -0.39 is 11.6 Å². The molecule has 2 aromatic heterocycles. The summed E-state index contributed by atoms with van der Waals surface area (Å²) in [5, 5.41) is 1.01. The van der Waals surface area contributed by atoms with Crippen molar-refractivity contribution in [3.8, 4) is 11.4 Å². The summed E-state index contributed by atoms with van der Waals surface area (Å²) >= 11 is 3.58. The van der Waals surface area contributed by atoms with Crippen LogP contribution in [0.25, 0.3) is 22.3 Å². The van der Waals surface area contributed by atoms with Gasteiger partial charge in [-0.15, -0.1) is 0 Å². The second-order valence-corrected chi connectivity index (χ2v) is 8.89. The van der Waals surface area contributed by atoms with Crippen LogP contribution in [0.4, 0.5) is 0 Å². The average Bonchev–Trinajstić information content (AvgIpc) is 3.07. The van der Waals surface area contributed by atoms with Crippen LogP contribution in [0.5, 0.6) is 0 Å². The Hall–Kier alpha value is -2.51. The van der Waals surface area contributed by atoms with Crippen LogP contribution >= 0.6 is 15.9 Å². The first-order chi connectivity index (χ1) is 14.4. The van der Waals surface area contributed by atoms with E-state index in [1.807, 2.05) is 45.0 Å². The van der Waals surface area contributed by atoms with Crippen molar-refractivity contribution in [1.82, 2.24) is 9.55 Å². The molecule has 154 valence electrons. The number of hydrogen-bond acceptors (Lipinski definition) is 5. The first kappa shape index (κ1) is 19.5. The van der Waals surface area contributed by atoms with Crippen molar-refractivity contribution in [3.63, 3.8) is 0 Å². The molecule has 7 heteroatoms. The van der Waals surface area contributed by atoms with E-state index in [0.29, 0.717) is 24.1 Å². The van der Waals surface area contributed by atoms with E-state index in [1.165, 1.54) is 0 Å². The van der Waals surface area contributed by atoms with Crippen LogP contribution in [-0.2, 0) is 33.0 Å². The zero-order chi connectivity index (χ0) is 21.2. The smallest absolute Gasteiger partial charge is 0.343 e. The van der Waals surface area contributed by atoms with E-state index in [9.17, 15) is 9.59 Å². The molecule has 5 rings (SSSR count). The number of fused-ring (bicyclic) bond motifs is 5. The third-order valence-electron chi connectivity index (χ3n) is 5.90. The molecule has 4 heterocycles. The van der Waals surface area contributed by atoms with Crippen LogP contribution in [0.2, 0.25) is 0 Å². The lowest BCUT2D eigenvalue weighted by Crippen LogP contribution is -2.47. The lowest BCUT2D eigenvalue weighted by Gasteiger charge is -2.37. The molecule has 0 radical (unpaired) electrons. The molecule has 0 amide bonds. The summed E-state index contributed by atoms with van der Waals surface area (Å²) in [6.07, 6.45) is 0.177. The largest absolute Gasteiger partial charge is 0.458 e. The van der Waals surface area contributed by atoms with Crippen molar-refractivity contribution in [2.24, 2.45) is 0 Å². The monoisotopic (exact) mass is 468 g/mol. The Bertz CT molecular complexity index is 1280. The number of benzene rings is 1. The lowest BCUT2D eigenvalue weighted by atomic mass is 9.85. The lowest BCUT2D eigenvalue weighted by molar-refractivity contribution is -0.187. The van der Waals surface area contributed by atoms with Crippen molar-refractivity contribution >= 4 is 32.8 Å². The minimum absolute atomic E-state index is 0.0339. The molecule has 0 unspecified atom stereocenters. The van der Waals surface area contributed by atoms with Gasteiger partial charge in [-0.05, 0) is 44.5 Å². The summed E-state index contributed by atoms with van der Waals surface area (Å²) in [4.78, 5) is 31.1. The van der Waals surface area contributed by atoms with Gasteiger partial charge in [0.15, 0.2) is 5.60 Å². The number of pyridine rings is 2. The number of halogens is 1. The Kier molecular flexibility index (Phi) is 4.38. The maximum atomic E-state index is 13.4. The number of carbonyl (C=O) groups is 1. The Morgan fingerprint density at radius 3 is 2.83 bits per heavy atom. The van der Waals surface area contributed by atoms with E-state index in [1.54, 1.807) is 4.57 Å². The number of hydrogen-bond donors (Lipinski definition) is 0. The topological polar surface area (TPSA) is 70.4 Å². The first-order valence-electron chi connectivity index (χ1n) is 10.1. The van der Waals surface area contributed by atoms with E-state index in [2.05, 4.69) is 22.0 Å². The second-order valence-electron chi connectivity index (χ2n) is 8.04. The van der Waals surface area contributed by atoms with Gasteiger partial charge in [0, 0.05) is 21.0 Å². The molecule has 0 N–H and O–H groups in total. The van der Waals surface area contributed by atoms with Crippen molar-refractivity contribution in [3.05, 3.63) is 61.8 Å².